The number of hydrogen-bond donors (Lipinski definition) is 1. The van der Waals surface area contributed by atoms with Crippen LogP contribution in [0.25, 0.3) is 16.7 Å². The summed E-state index contributed by atoms with van der Waals surface area (Å²) in [5.74, 6) is 1.12. The maximum absolute atomic E-state index is 12.6. The minimum absolute atomic E-state index is 0.152. The Morgan fingerprint density at radius 1 is 1.30 bits per heavy atom. The summed E-state index contributed by atoms with van der Waals surface area (Å²) in [4.78, 5) is 17.3. The summed E-state index contributed by atoms with van der Waals surface area (Å²) in [6.45, 7) is 4.38. The lowest BCUT2D eigenvalue weighted by molar-refractivity contribution is -0.119. The standard InChI is InChI=1S/C23H24N4O2S/c1-3-29-18-12-10-17(11-13-18)27-20-7-5-4-6-19(20)25-22(27)30-14-21(28)26-23(2,15-24)16-8-9-16/h4-7,10-13,16H,3,8-9,14H2,1-2H3,(H,26,28)/t23-/m1/s1. The maximum Gasteiger partial charge on any atom is 0.231 e. The van der Waals surface area contributed by atoms with Crippen molar-refractivity contribution < 1.29 is 9.53 Å². The van der Waals surface area contributed by atoms with Gasteiger partial charge in [-0.15, -0.1) is 0 Å². The molecule has 6 nitrogen and oxygen atoms in total. The van der Waals surface area contributed by atoms with Crippen LogP contribution in [0.4, 0.5) is 0 Å². The number of ether oxygens (including phenoxy) is 1. The zero-order valence-electron chi connectivity index (χ0n) is 17.1. The van der Waals surface area contributed by atoms with E-state index in [9.17, 15) is 10.1 Å². The predicted molar refractivity (Wildman–Crippen MR) is 118 cm³/mol. The fourth-order valence-corrected chi connectivity index (χ4v) is 4.37. The normalized spacial score (nSPS) is 15.4. The van der Waals surface area contributed by atoms with Gasteiger partial charge >= 0.3 is 0 Å². The van der Waals surface area contributed by atoms with Crippen LogP contribution < -0.4 is 10.1 Å². The first-order chi connectivity index (χ1) is 14.5. The van der Waals surface area contributed by atoms with Gasteiger partial charge in [0.05, 0.1) is 29.5 Å². The molecule has 1 N–H and O–H groups in total. The van der Waals surface area contributed by atoms with E-state index in [1.165, 1.54) is 11.8 Å². The molecule has 1 aromatic heterocycles. The number of nitrogens with one attached hydrogen (secondary N) is 1. The molecule has 0 aliphatic heterocycles. The minimum atomic E-state index is -0.785. The lowest BCUT2D eigenvalue weighted by atomic mass is 9.98. The van der Waals surface area contributed by atoms with Crippen LogP contribution in [0.3, 0.4) is 0 Å². The Labute approximate surface area is 180 Å². The van der Waals surface area contributed by atoms with Crippen molar-refractivity contribution in [2.24, 2.45) is 5.92 Å². The molecule has 2 aromatic carbocycles. The number of para-hydroxylation sites is 2. The average molecular weight is 421 g/mol. The van der Waals surface area contributed by atoms with Gasteiger partial charge < -0.3 is 10.1 Å². The van der Waals surface area contributed by atoms with Crippen molar-refractivity contribution in [1.29, 1.82) is 5.26 Å². The Kier molecular flexibility index (Phi) is 5.69. The molecule has 30 heavy (non-hydrogen) atoms. The van der Waals surface area contributed by atoms with Crippen molar-refractivity contribution >= 4 is 28.7 Å². The Balaban J connectivity index is 1.57. The summed E-state index contributed by atoms with van der Waals surface area (Å²) >= 11 is 1.37. The first kappa shape index (κ1) is 20.3. The number of carbonyl (C=O) groups is 1. The largest absolute Gasteiger partial charge is 0.494 e. The van der Waals surface area contributed by atoms with Crippen molar-refractivity contribution in [2.45, 2.75) is 37.4 Å². The molecule has 1 amide bonds. The molecule has 3 aromatic rings. The number of rotatable bonds is 8. The number of amides is 1. The van der Waals surface area contributed by atoms with Crippen LogP contribution >= 0.6 is 11.8 Å². The highest BCUT2D eigenvalue weighted by atomic mass is 32.2. The van der Waals surface area contributed by atoms with Crippen LogP contribution in [0.2, 0.25) is 0 Å². The zero-order valence-corrected chi connectivity index (χ0v) is 17.9. The molecular weight excluding hydrogens is 396 g/mol. The number of nitrogens with zero attached hydrogens (tertiary/aromatic N) is 3. The molecule has 0 spiro atoms. The second-order valence-corrected chi connectivity index (χ2v) is 8.51. The Morgan fingerprint density at radius 2 is 2.03 bits per heavy atom. The van der Waals surface area contributed by atoms with E-state index >= 15 is 0 Å². The van der Waals surface area contributed by atoms with Gasteiger partial charge in [-0.25, -0.2) is 4.98 Å². The Morgan fingerprint density at radius 3 is 2.70 bits per heavy atom. The molecule has 1 aliphatic carbocycles. The van der Waals surface area contributed by atoms with Crippen molar-refractivity contribution in [1.82, 2.24) is 14.9 Å². The summed E-state index contributed by atoms with van der Waals surface area (Å²) in [6, 6.07) is 18.0. The monoisotopic (exact) mass is 420 g/mol. The van der Waals surface area contributed by atoms with Crippen LogP contribution in [0.1, 0.15) is 26.7 Å². The number of thioether (sulfide) groups is 1. The van der Waals surface area contributed by atoms with E-state index < -0.39 is 5.54 Å². The van der Waals surface area contributed by atoms with Gasteiger partial charge in [-0.3, -0.25) is 9.36 Å². The third kappa shape index (κ3) is 4.14. The maximum atomic E-state index is 12.6. The third-order valence-electron chi connectivity index (χ3n) is 5.29. The van der Waals surface area contributed by atoms with E-state index in [4.69, 9.17) is 9.72 Å². The van der Waals surface area contributed by atoms with Gasteiger partial charge in [0.15, 0.2) is 5.16 Å². The second-order valence-electron chi connectivity index (χ2n) is 7.57. The average Bonchev–Trinajstić information content (AvgIpc) is 3.55. The minimum Gasteiger partial charge on any atom is -0.494 e. The van der Waals surface area contributed by atoms with E-state index in [2.05, 4.69) is 11.4 Å². The van der Waals surface area contributed by atoms with E-state index in [-0.39, 0.29) is 17.6 Å². The van der Waals surface area contributed by atoms with Gasteiger partial charge in [0.2, 0.25) is 5.91 Å². The smallest absolute Gasteiger partial charge is 0.231 e. The van der Waals surface area contributed by atoms with Crippen LogP contribution in [0.5, 0.6) is 5.75 Å². The lowest BCUT2D eigenvalue weighted by Gasteiger charge is -2.22. The molecule has 1 fully saturated rings. The van der Waals surface area contributed by atoms with Crippen molar-refractivity contribution in [3.8, 4) is 17.5 Å². The highest BCUT2D eigenvalue weighted by Crippen LogP contribution is 2.39. The molecule has 0 unspecified atom stereocenters. The number of imidazole rings is 1. The van der Waals surface area contributed by atoms with Crippen molar-refractivity contribution in [3.63, 3.8) is 0 Å². The van der Waals surface area contributed by atoms with Crippen molar-refractivity contribution in [3.05, 3.63) is 48.5 Å². The van der Waals surface area contributed by atoms with Gasteiger partial charge in [0.25, 0.3) is 0 Å². The second kappa shape index (κ2) is 8.41. The van der Waals surface area contributed by atoms with E-state index in [0.29, 0.717) is 6.61 Å². The molecule has 0 radical (unpaired) electrons. The number of benzene rings is 2. The van der Waals surface area contributed by atoms with Crippen LogP contribution in [-0.2, 0) is 4.79 Å². The van der Waals surface area contributed by atoms with E-state index in [0.717, 1.165) is 40.5 Å². The molecule has 1 aliphatic rings. The molecular formula is C23H24N4O2S. The molecule has 154 valence electrons. The summed E-state index contributed by atoms with van der Waals surface area (Å²) in [5.41, 5.74) is 2.01. The van der Waals surface area contributed by atoms with Gasteiger partial charge in [0, 0.05) is 5.69 Å². The number of aromatic nitrogens is 2. The summed E-state index contributed by atoms with van der Waals surface area (Å²) < 4.78 is 7.60. The number of hydrogen-bond acceptors (Lipinski definition) is 5. The fraction of sp³-hybridized carbons (Fsp3) is 0.348. The first-order valence-corrected chi connectivity index (χ1v) is 11.1. The lowest BCUT2D eigenvalue weighted by Crippen LogP contribution is -2.47. The summed E-state index contributed by atoms with van der Waals surface area (Å²) in [7, 11) is 0. The van der Waals surface area contributed by atoms with Crippen LogP contribution in [0.15, 0.2) is 53.7 Å². The van der Waals surface area contributed by atoms with Crippen molar-refractivity contribution in [2.75, 3.05) is 12.4 Å². The molecule has 7 heteroatoms. The zero-order chi connectivity index (χ0) is 21.1. The highest BCUT2D eigenvalue weighted by Gasteiger charge is 2.42. The van der Waals surface area contributed by atoms with E-state index in [1.807, 2.05) is 66.9 Å². The predicted octanol–water partition coefficient (Wildman–Crippen LogP) is 4.32. The molecule has 0 bridgehead atoms. The van der Waals surface area contributed by atoms with Crippen LogP contribution in [0, 0.1) is 17.2 Å². The number of nitriles is 1. The number of carbonyl (C=O) groups excluding carboxylic acids is 1. The SMILES string of the molecule is CCOc1ccc(-n2c(SCC(=O)N[C@](C)(C#N)C3CC3)nc3ccccc32)cc1. The Bertz CT molecular complexity index is 1100. The number of fused-ring (bicyclic) bond motifs is 1. The quantitative estimate of drug-likeness (QED) is 0.549. The van der Waals surface area contributed by atoms with Gasteiger partial charge in [0.1, 0.15) is 11.3 Å². The van der Waals surface area contributed by atoms with Gasteiger partial charge in [-0.1, -0.05) is 23.9 Å². The molecule has 0 saturated heterocycles. The highest BCUT2D eigenvalue weighted by molar-refractivity contribution is 7.99. The van der Waals surface area contributed by atoms with Gasteiger partial charge in [-0.05, 0) is 69.0 Å². The fourth-order valence-electron chi connectivity index (χ4n) is 3.55. The summed E-state index contributed by atoms with van der Waals surface area (Å²) in [6.07, 6.45) is 1.98. The third-order valence-corrected chi connectivity index (χ3v) is 6.23. The summed E-state index contributed by atoms with van der Waals surface area (Å²) in [5, 5.41) is 13.1. The molecule has 1 saturated carbocycles. The Hall–Kier alpha value is -2.98. The first-order valence-electron chi connectivity index (χ1n) is 10.1. The van der Waals surface area contributed by atoms with Gasteiger partial charge in [-0.2, -0.15) is 5.26 Å². The topological polar surface area (TPSA) is 79.9 Å². The molecule has 1 heterocycles. The van der Waals surface area contributed by atoms with Crippen LogP contribution in [-0.4, -0.2) is 33.4 Å². The molecule has 4 rings (SSSR count). The molecule has 1 atom stereocenters. The van der Waals surface area contributed by atoms with E-state index in [1.54, 1.807) is 0 Å².